The van der Waals surface area contributed by atoms with Crippen molar-refractivity contribution in [2.24, 2.45) is 5.14 Å². The van der Waals surface area contributed by atoms with Crippen LogP contribution >= 0.6 is 11.9 Å². The van der Waals surface area contributed by atoms with Gasteiger partial charge in [0, 0.05) is 4.90 Å². The number of benzene rings is 1. The van der Waals surface area contributed by atoms with Crippen molar-refractivity contribution in [1.82, 2.24) is 0 Å². The van der Waals surface area contributed by atoms with Crippen molar-refractivity contribution in [2.45, 2.75) is 4.90 Å². The van der Waals surface area contributed by atoms with Gasteiger partial charge in [0.2, 0.25) is 0 Å². The van der Waals surface area contributed by atoms with Gasteiger partial charge in [0.25, 0.3) is 0 Å². The molecule has 0 radical (unpaired) electrons. The van der Waals surface area contributed by atoms with Crippen molar-refractivity contribution >= 4 is 17.6 Å². The van der Waals surface area contributed by atoms with Gasteiger partial charge in [-0.05, 0) is 30.1 Å². The van der Waals surface area contributed by atoms with Crippen LogP contribution in [0.5, 0.6) is 0 Å². The van der Waals surface area contributed by atoms with Gasteiger partial charge in [0.1, 0.15) is 5.82 Å². The van der Waals surface area contributed by atoms with Crippen LogP contribution in [0.2, 0.25) is 0 Å². The van der Waals surface area contributed by atoms with E-state index >= 15 is 0 Å². The van der Waals surface area contributed by atoms with Gasteiger partial charge in [-0.3, -0.25) is 15.8 Å². The van der Waals surface area contributed by atoms with Gasteiger partial charge in [-0.2, -0.15) is 0 Å². The number of anilines is 1. The predicted octanol–water partition coefficient (Wildman–Crippen LogP) is 1.59. The van der Waals surface area contributed by atoms with Crippen LogP contribution in [0.4, 0.5) is 10.1 Å². The Kier molecular flexibility index (Phi) is 2.70. The monoisotopic (exact) mass is 174 g/mol. The Balaban J connectivity index is 3.02. The number of nitrogens with two attached hydrogens (primary N) is 1. The van der Waals surface area contributed by atoms with Crippen LogP contribution in [0.15, 0.2) is 23.1 Å². The summed E-state index contributed by atoms with van der Waals surface area (Å²) in [5.74, 6) is -0.509. The smallest absolute Gasteiger partial charge is 0.148 e. The summed E-state index contributed by atoms with van der Waals surface area (Å²) in [4.78, 5) is 0.683. The zero-order chi connectivity index (χ0) is 8.27. The van der Waals surface area contributed by atoms with E-state index in [1.54, 1.807) is 5.48 Å². The van der Waals surface area contributed by atoms with Gasteiger partial charge in [0.05, 0.1) is 5.69 Å². The molecule has 0 bridgehead atoms. The lowest BCUT2D eigenvalue weighted by Crippen LogP contribution is -1.93. The number of hydrogen-bond acceptors (Lipinski definition) is 4. The van der Waals surface area contributed by atoms with E-state index in [1.165, 1.54) is 18.2 Å². The summed E-state index contributed by atoms with van der Waals surface area (Å²) in [5, 5.41) is 13.6. The molecule has 0 amide bonds. The molecule has 0 aromatic heterocycles. The normalized spacial score (nSPS) is 9.73. The minimum atomic E-state index is -0.509. The summed E-state index contributed by atoms with van der Waals surface area (Å²) in [5.41, 5.74) is 1.75. The molecular weight excluding hydrogens is 167 g/mol. The van der Waals surface area contributed by atoms with E-state index in [0.29, 0.717) is 4.90 Å². The van der Waals surface area contributed by atoms with Crippen molar-refractivity contribution in [3.05, 3.63) is 24.0 Å². The maximum absolute atomic E-state index is 12.6. The fourth-order valence-corrected chi connectivity index (χ4v) is 0.996. The fourth-order valence-electron chi connectivity index (χ4n) is 0.663. The first-order valence-electron chi connectivity index (χ1n) is 2.84. The van der Waals surface area contributed by atoms with Gasteiger partial charge in [-0.15, -0.1) is 0 Å². The lowest BCUT2D eigenvalue weighted by molar-refractivity contribution is 0.384. The number of nitrogens with one attached hydrogen (secondary N) is 1. The maximum Gasteiger partial charge on any atom is 0.148 e. The standard InChI is InChI=1S/C6H7FN2OS/c7-5-2-1-4(11-8)3-6(5)9-10/h1-3,9-10H,8H2. The highest BCUT2D eigenvalue weighted by atomic mass is 32.2. The molecule has 0 aliphatic rings. The minimum absolute atomic E-state index is 0.0282. The molecule has 0 heterocycles. The Morgan fingerprint density at radius 2 is 2.27 bits per heavy atom. The molecule has 1 aromatic carbocycles. The summed E-state index contributed by atoms with van der Waals surface area (Å²) in [7, 11) is 0. The fraction of sp³-hybridized carbons (Fsp3) is 0. The lowest BCUT2D eigenvalue weighted by Gasteiger charge is -2.01. The molecule has 0 fully saturated rings. The van der Waals surface area contributed by atoms with E-state index in [2.05, 4.69) is 0 Å². The summed E-state index contributed by atoms with van der Waals surface area (Å²) in [6, 6.07) is 4.18. The molecule has 0 atom stereocenters. The van der Waals surface area contributed by atoms with Crippen LogP contribution < -0.4 is 10.6 Å². The molecule has 1 rings (SSSR count). The van der Waals surface area contributed by atoms with E-state index in [9.17, 15) is 4.39 Å². The minimum Gasteiger partial charge on any atom is -0.291 e. The zero-order valence-electron chi connectivity index (χ0n) is 5.54. The number of rotatable bonds is 2. The third kappa shape index (κ3) is 1.83. The molecule has 0 saturated heterocycles. The topological polar surface area (TPSA) is 58.3 Å². The Morgan fingerprint density at radius 3 is 2.82 bits per heavy atom. The maximum atomic E-state index is 12.6. The number of hydrogen-bond donors (Lipinski definition) is 3. The molecule has 60 valence electrons. The first kappa shape index (κ1) is 8.32. The molecule has 5 heteroatoms. The molecule has 0 unspecified atom stereocenters. The van der Waals surface area contributed by atoms with E-state index in [1.807, 2.05) is 0 Å². The molecule has 0 aliphatic heterocycles. The van der Waals surface area contributed by atoms with Gasteiger partial charge in [-0.1, -0.05) is 0 Å². The van der Waals surface area contributed by atoms with E-state index in [-0.39, 0.29) is 5.69 Å². The van der Waals surface area contributed by atoms with E-state index < -0.39 is 5.82 Å². The van der Waals surface area contributed by atoms with Crippen molar-refractivity contribution in [3.8, 4) is 0 Å². The van der Waals surface area contributed by atoms with Crippen LogP contribution in [0.3, 0.4) is 0 Å². The Bertz CT molecular complexity index is 256. The second kappa shape index (κ2) is 3.56. The van der Waals surface area contributed by atoms with Gasteiger partial charge in [-0.25, -0.2) is 4.39 Å². The van der Waals surface area contributed by atoms with Crippen molar-refractivity contribution in [3.63, 3.8) is 0 Å². The summed E-state index contributed by atoms with van der Waals surface area (Å²) in [6.07, 6.45) is 0. The third-order valence-corrected chi connectivity index (χ3v) is 1.72. The molecule has 0 spiro atoms. The largest absolute Gasteiger partial charge is 0.291 e. The summed E-state index contributed by atoms with van der Waals surface area (Å²) >= 11 is 0.989. The SMILES string of the molecule is NSc1ccc(F)c(NO)c1. The van der Waals surface area contributed by atoms with Crippen LogP contribution in [0.25, 0.3) is 0 Å². The second-order valence-corrected chi connectivity index (χ2v) is 2.58. The van der Waals surface area contributed by atoms with Crippen LogP contribution in [-0.2, 0) is 0 Å². The Hall–Kier alpha value is -0.780. The summed E-state index contributed by atoms with van der Waals surface area (Å²) < 4.78 is 12.6. The van der Waals surface area contributed by atoms with Crippen molar-refractivity contribution in [2.75, 3.05) is 5.48 Å². The molecular formula is C6H7FN2OS. The summed E-state index contributed by atoms with van der Waals surface area (Å²) in [6.45, 7) is 0. The Labute approximate surface area is 67.5 Å². The third-order valence-electron chi connectivity index (χ3n) is 1.19. The average molecular weight is 174 g/mol. The first-order valence-corrected chi connectivity index (χ1v) is 3.72. The van der Waals surface area contributed by atoms with Crippen LogP contribution in [0, 0.1) is 5.82 Å². The highest BCUT2D eigenvalue weighted by molar-refractivity contribution is 7.97. The molecule has 0 saturated carbocycles. The lowest BCUT2D eigenvalue weighted by atomic mass is 10.3. The molecule has 1 aromatic rings. The highest BCUT2D eigenvalue weighted by Gasteiger charge is 2.00. The number of halogens is 1. The average Bonchev–Trinajstić information content (AvgIpc) is 2.05. The highest BCUT2D eigenvalue weighted by Crippen LogP contribution is 2.19. The first-order chi connectivity index (χ1) is 5.27. The molecule has 0 aliphatic carbocycles. The molecule has 11 heavy (non-hydrogen) atoms. The predicted molar refractivity (Wildman–Crippen MR) is 41.9 cm³/mol. The second-order valence-electron chi connectivity index (χ2n) is 1.87. The molecule has 3 nitrogen and oxygen atoms in total. The van der Waals surface area contributed by atoms with Gasteiger partial charge in [0.15, 0.2) is 0 Å². The van der Waals surface area contributed by atoms with Crippen LogP contribution in [0.1, 0.15) is 0 Å². The van der Waals surface area contributed by atoms with Gasteiger partial charge >= 0.3 is 0 Å². The quantitative estimate of drug-likeness (QED) is 0.470. The van der Waals surface area contributed by atoms with Crippen molar-refractivity contribution in [1.29, 1.82) is 0 Å². The molecule has 4 N–H and O–H groups in total. The zero-order valence-corrected chi connectivity index (χ0v) is 6.36. The van der Waals surface area contributed by atoms with Crippen LogP contribution in [-0.4, -0.2) is 5.21 Å². The Morgan fingerprint density at radius 1 is 1.55 bits per heavy atom. The van der Waals surface area contributed by atoms with Gasteiger partial charge < -0.3 is 0 Å². The van der Waals surface area contributed by atoms with E-state index in [0.717, 1.165) is 11.9 Å². The van der Waals surface area contributed by atoms with Crippen molar-refractivity contribution < 1.29 is 9.60 Å². The van der Waals surface area contributed by atoms with E-state index in [4.69, 9.17) is 10.3 Å².